The minimum absolute atomic E-state index is 0.0758. The van der Waals surface area contributed by atoms with Gasteiger partial charge in [0.05, 0.1) is 0 Å². The molecule has 0 spiro atoms. The van der Waals surface area contributed by atoms with Crippen molar-refractivity contribution in [3.63, 3.8) is 0 Å². The van der Waals surface area contributed by atoms with Crippen molar-refractivity contribution in [1.29, 1.82) is 0 Å². The number of piperidine rings is 1. The Morgan fingerprint density at radius 3 is 2.63 bits per heavy atom. The van der Waals surface area contributed by atoms with Gasteiger partial charge in [0.2, 0.25) is 0 Å². The molecule has 0 bridgehead atoms. The van der Waals surface area contributed by atoms with Crippen LogP contribution in [0.3, 0.4) is 0 Å². The zero-order valence-corrected chi connectivity index (χ0v) is 11.0. The topological polar surface area (TPSA) is 74.6 Å². The minimum Gasteiger partial charge on any atom is -0.465 e. The Kier molecular flexibility index (Phi) is 4.09. The molecule has 0 atom stereocenters. The van der Waals surface area contributed by atoms with Crippen LogP contribution in [0.1, 0.15) is 23.3 Å². The number of hydrogen-bond donors (Lipinski definition) is 2. The van der Waals surface area contributed by atoms with E-state index in [1.54, 1.807) is 10.6 Å². The van der Waals surface area contributed by atoms with Crippen molar-refractivity contribution < 1.29 is 14.7 Å². The lowest BCUT2D eigenvalue weighted by atomic mass is 9.97. The maximum Gasteiger partial charge on any atom is 0.407 e. The maximum atomic E-state index is 11.9. The second-order valence-corrected chi connectivity index (χ2v) is 4.93. The van der Waals surface area contributed by atoms with Crippen molar-refractivity contribution in [3.05, 3.63) is 24.0 Å². The van der Waals surface area contributed by atoms with E-state index >= 15 is 0 Å². The van der Waals surface area contributed by atoms with E-state index in [1.807, 2.05) is 19.3 Å². The molecule has 2 amide bonds. The molecule has 1 aliphatic heterocycles. The van der Waals surface area contributed by atoms with Gasteiger partial charge >= 0.3 is 6.09 Å². The number of carbonyl (C=O) groups excluding carboxylic acids is 1. The van der Waals surface area contributed by atoms with Gasteiger partial charge in [-0.1, -0.05) is 0 Å². The zero-order chi connectivity index (χ0) is 13.8. The third-order valence-corrected chi connectivity index (χ3v) is 3.61. The van der Waals surface area contributed by atoms with Crippen LogP contribution >= 0.6 is 0 Å². The molecule has 0 radical (unpaired) electrons. The monoisotopic (exact) mass is 265 g/mol. The van der Waals surface area contributed by atoms with Crippen LogP contribution in [0, 0.1) is 5.92 Å². The second-order valence-electron chi connectivity index (χ2n) is 4.93. The molecule has 1 aromatic heterocycles. The van der Waals surface area contributed by atoms with Crippen molar-refractivity contribution in [3.8, 4) is 0 Å². The van der Waals surface area contributed by atoms with Gasteiger partial charge in [-0.05, 0) is 30.9 Å². The first-order valence-electron chi connectivity index (χ1n) is 6.45. The van der Waals surface area contributed by atoms with Gasteiger partial charge in [-0.15, -0.1) is 0 Å². The molecule has 6 heteroatoms. The Hall–Kier alpha value is -1.98. The highest BCUT2D eigenvalue weighted by Crippen LogP contribution is 2.16. The first-order valence-corrected chi connectivity index (χ1v) is 6.45. The highest BCUT2D eigenvalue weighted by molar-refractivity contribution is 5.92. The summed E-state index contributed by atoms with van der Waals surface area (Å²) in [5.74, 6) is 0.285. The molecule has 1 aromatic rings. The van der Waals surface area contributed by atoms with E-state index in [0.717, 1.165) is 12.8 Å². The molecule has 0 aliphatic carbocycles. The number of likely N-dealkylation sites (tertiary alicyclic amines) is 1. The summed E-state index contributed by atoms with van der Waals surface area (Å²) in [4.78, 5) is 24.1. The summed E-state index contributed by atoms with van der Waals surface area (Å²) in [7, 11) is 1.83. The van der Waals surface area contributed by atoms with Crippen molar-refractivity contribution >= 4 is 12.0 Å². The summed E-state index contributed by atoms with van der Waals surface area (Å²) in [6.45, 7) is 1.72. The summed E-state index contributed by atoms with van der Waals surface area (Å²) in [6.07, 6.45) is 2.59. The lowest BCUT2D eigenvalue weighted by Crippen LogP contribution is -2.41. The van der Waals surface area contributed by atoms with Gasteiger partial charge in [-0.2, -0.15) is 0 Å². The first kappa shape index (κ1) is 13.5. The number of hydrogen-bond acceptors (Lipinski definition) is 2. The van der Waals surface area contributed by atoms with Crippen molar-refractivity contribution in [1.82, 2.24) is 14.8 Å². The number of carboxylic acid groups (broad SMARTS) is 1. The fourth-order valence-corrected chi connectivity index (χ4v) is 2.35. The van der Waals surface area contributed by atoms with E-state index in [9.17, 15) is 9.59 Å². The van der Waals surface area contributed by atoms with E-state index in [0.29, 0.717) is 31.2 Å². The predicted octanol–water partition coefficient (Wildman–Crippen LogP) is 1.14. The number of nitrogens with zero attached hydrogens (tertiary/aromatic N) is 2. The third kappa shape index (κ3) is 3.27. The molecule has 0 saturated carbocycles. The Balaban J connectivity index is 1.77. The van der Waals surface area contributed by atoms with Gasteiger partial charge in [-0.25, -0.2) is 4.79 Å². The number of amides is 2. The molecule has 1 saturated heterocycles. The lowest BCUT2D eigenvalue weighted by molar-refractivity contribution is 0.0921. The van der Waals surface area contributed by atoms with E-state index in [1.165, 1.54) is 4.90 Å². The molecule has 2 rings (SSSR count). The van der Waals surface area contributed by atoms with Crippen molar-refractivity contribution in [2.45, 2.75) is 12.8 Å². The minimum atomic E-state index is -0.855. The zero-order valence-electron chi connectivity index (χ0n) is 11.0. The molecule has 19 heavy (non-hydrogen) atoms. The quantitative estimate of drug-likeness (QED) is 0.860. The van der Waals surface area contributed by atoms with Gasteiger partial charge in [0, 0.05) is 32.9 Å². The SMILES string of the molecule is Cn1cccc1C(=O)NCC1CCN(C(=O)O)CC1. The highest BCUT2D eigenvalue weighted by Gasteiger charge is 2.22. The number of rotatable bonds is 3. The molecule has 2 heterocycles. The fraction of sp³-hybridized carbons (Fsp3) is 0.538. The van der Waals surface area contributed by atoms with Crippen LogP contribution in [0.2, 0.25) is 0 Å². The summed E-state index contributed by atoms with van der Waals surface area (Å²) in [6, 6.07) is 3.61. The predicted molar refractivity (Wildman–Crippen MR) is 70.1 cm³/mol. The Morgan fingerprint density at radius 1 is 1.42 bits per heavy atom. The van der Waals surface area contributed by atoms with E-state index < -0.39 is 6.09 Å². The third-order valence-electron chi connectivity index (χ3n) is 3.61. The van der Waals surface area contributed by atoms with Crippen LogP contribution in [-0.2, 0) is 7.05 Å². The Morgan fingerprint density at radius 2 is 2.11 bits per heavy atom. The Bertz CT molecular complexity index is 461. The molecule has 0 unspecified atom stereocenters. The van der Waals surface area contributed by atoms with Crippen LogP contribution in [0.15, 0.2) is 18.3 Å². The van der Waals surface area contributed by atoms with E-state index in [2.05, 4.69) is 5.32 Å². The second kappa shape index (κ2) is 5.77. The smallest absolute Gasteiger partial charge is 0.407 e. The normalized spacial score (nSPS) is 16.4. The highest BCUT2D eigenvalue weighted by atomic mass is 16.4. The maximum absolute atomic E-state index is 11.9. The van der Waals surface area contributed by atoms with Gasteiger partial charge in [0.25, 0.3) is 5.91 Å². The van der Waals surface area contributed by atoms with Crippen LogP contribution < -0.4 is 5.32 Å². The van der Waals surface area contributed by atoms with Gasteiger partial charge in [-0.3, -0.25) is 4.79 Å². The lowest BCUT2D eigenvalue weighted by Gasteiger charge is -2.29. The van der Waals surface area contributed by atoms with Gasteiger partial charge in [0.1, 0.15) is 5.69 Å². The van der Waals surface area contributed by atoms with Crippen molar-refractivity contribution in [2.24, 2.45) is 13.0 Å². The largest absolute Gasteiger partial charge is 0.465 e. The number of carbonyl (C=O) groups is 2. The first-order chi connectivity index (χ1) is 9.08. The number of aromatic nitrogens is 1. The summed E-state index contributed by atoms with van der Waals surface area (Å²) in [5, 5.41) is 11.8. The average Bonchev–Trinajstić information content (AvgIpc) is 2.83. The summed E-state index contributed by atoms with van der Waals surface area (Å²) in [5.41, 5.74) is 0.642. The Labute approximate surface area is 112 Å². The molecule has 6 nitrogen and oxygen atoms in total. The van der Waals surface area contributed by atoms with Crippen LogP contribution in [0.5, 0.6) is 0 Å². The van der Waals surface area contributed by atoms with E-state index in [4.69, 9.17) is 5.11 Å². The van der Waals surface area contributed by atoms with Gasteiger partial charge < -0.3 is 19.9 Å². The molecular formula is C13H19N3O3. The summed E-state index contributed by atoms with van der Waals surface area (Å²) < 4.78 is 1.78. The average molecular weight is 265 g/mol. The molecule has 1 fully saturated rings. The summed E-state index contributed by atoms with van der Waals surface area (Å²) >= 11 is 0. The number of aryl methyl sites for hydroxylation is 1. The molecule has 1 aliphatic rings. The fourth-order valence-electron chi connectivity index (χ4n) is 2.35. The van der Waals surface area contributed by atoms with Gasteiger partial charge in [0.15, 0.2) is 0 Å². The van der Waals surface area contributed by atoms with Crippen molar-refractivity contribution in [2.75, 3.05) is 19.6 Å². The molecule has 104 valence electrons. The molecule has 2 N–H and O–H groups in total. The molecule has 0 aromatic carbocycles. The van der Waals surface area contributed by atoms with Crippen LogP contribution in [0.4, 0.5) is 4.79 Å². The standard InChI is InChI=1S/C13H19N3O3/c1-15-6-2-3-11(15)12(17)14-9-10-4-7-16(8-5-10)13(18)19/h2-3,6,10H,4-5,7-9H2,1H3,(H,14,17)(H,18,19). The van der Waals surface area contributed by atoms with Crippen LogP contribution in [0.25, 0.3) is 0 Å². The van der Waals surface area contributed by atoms with E-state index in [-0.39, 0.29) is 5.91 Å². The molecular weight excluding hydrogens is 246 g/mol. The number of nitrogens with one attached hydrogen (secondary N) is 1. The van der Waals surface area contributed by atoms with Crippen LogP contribution in [-0.4, -0.2) is 46.2 Å².